The third-order valence-electron chi connectivity index (χ3n) is 5.88. The van der Waals surface area contributed by atoms with Crippen LogP contribution in [0.15, 0.2) is 45.9 Å². The summed E-state index contributed by atoms with van der Waals surface area (Å²) in [6, 6.07) is 7.60. The van der Waals surface area contributed by atoms with E-state index in [4.69, 9.17) is 4.42 Å². The largest absolute Gasteiger partial charge is 0.467 e. The molecule has 1 fully saturated rings. The van der Waals surface area contributed by atoms with Gasteiger partial charge in [0.2, 0.25) is 21.8 Å². The quantitative estimate of drug-likeness (QED) is 0.736. The average Bonchev–Trinajstić information content (AvgIpc) is 3.44. The molecule has 9 heteroatoms. The van der Waals surface area contributed by atoms with Gasteiger partial charge in [0.05, 0.1) is 17.7 Å². The monoisotopic (exact) mass is 445 g/mol. The Bertz CT molecular complexity index is 1060. The highest BCUT2D eigenvalue weighted by atomic mass is 32.2. The summed E-state index contributed by atoms with van der Waals surface area (Å²) in [6.45, 7) is 3.02. The SMILES string of the molecule is CCC(=O)N1c2ccc(S(=O)(=O)N3CCCCC3)cc2C[C@H]1C(=O)NCc1ccco1. The second-order valence-electron chi connectivity index (χ2n) is 7.89. The van der Waals surface area contributed by atoms with E-state index in [1.54, 1.807) is 37.3 Å². The van der Waals surface area contributed by atoms with Crippen LogP contribution in [0.1, 0.15) is 43.9 Å². The van der Waals surface area contributed by atoms with Gasteiger partial charge in [0.25, 0.3) is 0 Å². The van der Waals surface area contributed by atoms with E-state index < -0.39 is 16.1 Å². The van der Waals surface area contributed by atoms with Crippen molar-refractivity contribution in [2.24, 2.45) is 0 Å². The van der Waals surface area contributed by atoms with Crippen LogP contribution in [0.2, 0.25) is 0 Å². The molecular formula is C22H27N3O5S. The second-order valence-corrected chi connectivity index (χ2v) is 9.83. The molecule has 8 nitrogen and oxygen atoms in total. The Morgan fingerprint density at radius 1 is 1.16 bits per heavy atom. The van der Waals surface area contributed by atoms with Crippen LogP contribution in [0.25, 0.3) is 0 Å². The van der Waals surface area contributed by atoms with Gasteiger partial charge in [-0.05, 0) is 48.7 Å². The maximum absolute atomic E-state index is 13.1. The molecule has 166 valence electrons. The summed E-state index contributed by atoms with van der Waals surface area (Å²) < 4.78 is 32.9. The van der Waals surface area contributed by atoms with Crippen molar-refractivity contribution >= 4 is 27.5 Å². The summed E-state index contributed by atoms with van der Waals surface area (Å²) in [5, 5.41) is 2.81. The predicted octanol–water partition coefficient (Wildman–Crippen LogP) is 2.44. The Labute approximate surface area is 182 Å². The lowest BCUT2D eigenvalue weighted by atomic mass is 10.1. The van der Waals surface area contributed by atoms with Crippen LogP contribution in [0.3, 0.4) is 0 Å². The Kier molecular flexibility index (Phi) is 6.15. The van der Waals surface area contributed by atoms with Crippen LogP contribution in [0.4, 0.5) is 5.69 Å². The van der Waals surface area contributed by atoms with Gasteiger partial charge in [0, 0.05) is 31.6 Å². The summed E-state index contributed by atoms with van der Waals surface area (Å²) in [5.41, 5.74) is 1.29. The lowest BCUT2D eigenvalue weighted by molar-refractivity contribution is -0.126. The standard InChI is InChI=1S/C22H27N3O5S/c1-2-21(26)25-19-9-8-18(31(28,29)24-10-4-3-5-11-24)13-16(19)14-20(25)22(27)23-15-17-7-6-12-30-17/h6-9,12-13,20H,2-5,10-11,14-15H2,1H3,(H,23,27)/t20-/m0/s1. The Morgan fingerprint density at radius 2 is 1.94 bits per heavy atom. The number of carbonyl (C=O) groups excluding carboxylic acids is 2. The Hall–Kier alpha value is -2.65. The fourth-order valence-corrected chi connectivity index (χ4v) is 5.80. The predicted molar refractivity (Wildman–Crippen MR) is 115 cm³/mol. The van der Waals surface area contributed by atoms with E-state index in [0.717, 1.165) is 19.3 Å². The summed E-state index contributed by atoms with van der Waals surface area (Å²) in [4.78, 5) is 27.3. The maximum atomic E-state index is 13.1. The van der Waals surface area contributed by atoms with Crippen LogP contribution < -0.4 is 10.2 Å². The van der Waals surface area contributed by atoms with Crippen molar-refractivity contribution in [1.82, 2.24) is 9.62 Å². The van der Waals surface area contributed by atoms with Gasteiger partial charge in [0.15, 0.2) is 0 Å². The highest BCUT2D eigenvalue weighted by molar-refractivity contribution is 7.89. The van der Waals surface area contributed by atoms with Crippen LogP contribution in [-0.2, 0) is 32.6 Å². The number of hydrogen-bond donors (Lipinski definition) is 1. The number of fused-ring (bicyclic) bond motifs is 1. The molecular weight excluding hydrogens is 418 g/mol. The molecule has 2 aliphatic heterocycles. The molecule has 0 saturated carbocycles. The molecule has 1 saturated heterocycles. The van der Waals surface area contributed by atoms with Crippen molar-refractivity contribution in [1.29, 1.82) is 0 Å². The molecule has 1 aromatic heterocycles. The molecule has 2 amide bonds. The number of furan rings is 1. The van der Waals surface area contributed by atoms with Gasteiger partial charge >= 0.3 is 0 Å². The van der Waals surface area contributed by atoms with Gasteiger partial charge in [-0.1, -0.05) is 13.3 Å². The van der Waals surface area contributed by atoms with E-state index in [1.807, 2.05) is 0 Å². The number of piperidine rings is 1. The van der Waals surface area contributed by atoms with Gasteiger partial charge in [-0.2, -0.15) is 4.31 Å². The van der Waals surface area contributed by atoms with Gasteiger partial charge in [0.1, 0.15) is 11.8 Å². The zero-order valence-corrected chi connectivity index (χ0v) is 18.4. The van der Waals surface area contributed by atoms with Crippen molar-refractivity contribution in [3.05, 3.63) is 47.9 Å². The first-order chi connectivity index (χ1) is 14.9. The third kappa shape index (κ3) is 4.24. The van der Waals surface area contributed by atoms with E-state index in [2.05, 4.69) is 5.32 Å². The fourth-order valence-electron chi connectivity index (χ4n) is 4.24. The number of nitrogens with one attached hydrogen (secondary N) is 1. The molecule has 1 aromatic carbocycles. The normalized spacial score (nSPS) is 19.3. The third-order valence-corrected chi connectivity index (χ3v) is 7.77. The zero-order valence-electron chi connectivity index (χ0n) is 17.5. The second kappa shape index (κ2) is 8.84. The van der Waals surface area contributed by atoms with Crippen LogP contribution in [-0.4, -0.2) is 43.7 Å². The average molecular weight is 446 g/mol. The van der Waals surface area contributed by atoms with Crippen LogP contribution in [0.5, 0.6) is 0 Å². The lowest BCUT2D eigenvalue weighted by Gasteiger charge is -2.26. The van der Waals surface area contributed by atoms with Gasteiger partial charge in [-0.15, -0.1) is 0 Å². The van der Waals surface area contributed by atoms with E-state index in [0.29, 0.717) is 30.1 Å². The number of sulfonamides is 1. The smallest absolute Gasteiger partial charge is 0.243 e. The molecule has 0 spiro atoms. The first-order valence-electron chi connectivity index (χ1n) is 10.7. The summed E-state index contributed by atoms with van der Waals surface area (Å²) in [7, 11) is -3.59. The minimum absolute atomic E-state index is 0.177. The molecule has 31 heavy (non-hydrogen) atoms. The number of nitrogens with zero attached hydrogens (tertiary/aromatic N) is 2. The van der Waals surface area contributed by atoms with Gasteiger partial charge in [-0.25, -0.2) is 8.42 Å². The van der Waals surface area contributed by atoms with Crippen molar-refractivity contribution in [2.75, 3.05) is 18.0 Å². The minimum Gasteiger partial charge on any atom is -0.467 e. The maximum Gasteiger partial charge on any atom is 0.243 e. The topological polar surface area (TPSA) is 99.9 Å². The van der Waals surface area contributed by atoms with Crippen molar-refractivity contribution in [3.63, 3.8) is 0 Å². The van der Waals surface area contributed by atoms with E-state index in [-0.39, 0.29) is 36.1 Å². The number of carbonyl (C=O) groups is 2. The van der Waals surface area contributed by atoms with Crippen molar-refractivity contribution in [2.45, 2.75) is 56.5 Å². The van der Waals surface area contributed by atoms with Gasteiger partial charge < -0.3 is 9.73 Å². The molecule has 0 aliphatic carbocycles. The molecule has 2 aromatic rings. The molecule has 4 rings (SSSR count). The highest BCUT2D eigenvalue weighted by Gasteiger charge is 2.38. The minimum atomic E-state index is -3.59. The molecule has 3 heterocycles. The lowest BCUT2D eigenvalue weighted by Crippen LogP contribution is -2.47. The molecule has 2 aliphatic rings. The molecule has 0 unspecified atom stereocenters. The van der Waals surface area contributed by atoms with E-state index >= 15 is 0 Å². The number of amides is 2. The van der Waals surface area contributed by atoms with Crippen molar-refractivity contribution in [3.8, 4) is 0 Å². The Morgan fingerprint density at radius 3 is 2.61 bits per heavy atom. The summed E-state index contributed by atoms with van der Waals surface area (Å²) in [6.07, 6.45) is 4.81. The van der Waals surface area contributed by atoms with E-state index in [1.165, 1.54) is 15.5 Å². The first-order valence-corrected chi connectivity index (χ1v) is 12.1. The van der Waals surface area contributed by atoms with Crippen LogP contribution in [0, 0.1) is 0 Å². The Balaban J connectivity index is 1.59. The zero-order chi connectivity index (χ0) is 22.0. The molecule has 0 radical (unpaired) electrons. The molecule has 1 atom stereocenters. The molecule has 1 N–H and O–H groups in total. The van der Waals surface area contributed by atoms with E-state index in [9.17, 15) is 18.0 Å². The number of rotatable bonds is 6. The summed E-state index contributed by atoms with van der Waals surface area (Å²) >= 11 is 0. The van der Waals surface area contributed by atoms with Crippen LogP contribution >= 0.6 is 0 Å². The number of hydrogen-bond acceptors (Lipinski definition) is 5. The summed E-state index contributed by atoms with van der Waals surface area (Å²) in [5.74, 6) is 0.144. The van der Waals surface area contributed by atoms with Gasteiger partial charge in [-0.3, -0.25) is 14.5 Å². The fraction of sp³-hybridized carbons (Fsp3) is 0.455. The first kappa shape index (κ1) is 21.6. The molecule has 0 bridgehead atoms. The number of benzene rings is 1. The highest BCUT2D eigenvalue weighted by Crippen LogP contribution is 2.35. The van der Waals surface area contributed by atoms with Crippen molar-refractivity contribution < 1.29 is 22.4 Å². The number of anilines is 1.